The molecule has 3 heteroatoms. The van der Waals surface area contributed by atoms with Crippen LogP contribution in [0.25, 0.3) is 0 Å². The van der Waals surface area contributed by atoms with Crippen molar-refractivity contribution in [3.63, 3.8) is 0 Å². The fourth-order valence-corrected chi connectivity index (χ4v) is 1.42. The number of ketones is 1. The Hall–Kier alpha value is -0.0200. The standard InChI is InChI=1S/C7H14O2S/c1-3-7(9)6(2)10-5-4-8/h6,8H,3-5H2,1-2H3. The van der Waals surface area contributed by atoms with Gasteiger partial charge in [-0.3, -0.25) is 4.79 Å². The monoisotopic (exact) mass is 162 g/mol. The Labute approximate surface area is 66.0 Å². The van der Waals surface area contributed by atoms with Crippen LogP contribution in [-0.4, -0.2) is 28.5 Å². The SMILES string of the molecule is CCC(=O)C(C)SCCO. The Kier molecular flexibility index (Phi) is 5.73. The Morgan fingerprint density at radius 1 is 1.70 bits per heavy atom. The largest absolute Gasteiger partial charge is 0.396 e. The smallest absolute Gasteiger partial charge is 0.145 e. The molecule has 0 aromatic rings. The van der Waals surface area contributed by atoms with Crippen LogP contribution in [0.4, 0.5) is 0 Å². The highest BCUT2D eigenvalue weighted by atomic mass is 32.2. The van der Waals surface area contributed by atoms with Gasteiger partial charge >= 0.3 is 0 Å². The zero-order valence-corrected chi connectivity index (χ0v) is 7.28. The van der Waals surface area contributed by atoms with Gasteiger partial charge in [0.2, 0.25) is 0 Å². The number of hydrogen-bond acceptors (Lipinski definition) is 3. The number of aliphatic hydroxyl groups is 1. The lowest BCUT2D eigenvalue weighted by Crippen LogP contribution is -2.12. The molecule has 0 saturated heterocycles. The summed E-state index contributed by atoms with van der Waals surface area (Å²) in [7, 11) is 0. The zero-order chi connectivity index (χ0) is 7.98. The van der Waals surface area contributed by atoms with Crippen LogP contribution in [0.2, 0.25) is 0 Å². The van der Waals surface area contributed by atoms with Gasteiger partial charge in [-0.2, -0.15) is 0 Å². The van der Waals surface area contributed by atoms with Gasteiger partial charge in [0.05, 0.1) is 11.9 Å². The molecule has 0 aliphatic carbocycles. The fraction of sp³-hybridized carbons (Fsp3) is 0.857. The second-order valence-corrected chi connectivity index (χ2v) is 3.51. The van der Waals surface area contributed by atoms with Crippen LogP contribution in [0.5, 0.6) is 0 Å². The van der Waals surface area contributed by atoms with Gasteiger partial charge in [-0.05, 0) is 6.92 Å². The predicted octanol–water partition coefficient (Wildman–Crippen LogP) is 1.08. The van der Waals surface area contributed by atoms with Crippen LogP contribution in [0.15, 0.2) is 0 Å². The third kappa shape index (κ3) is 3.90. The molecule has 0 bridgehead atoms. The number of hydrogen-bond donors (Lipinski definition) is 1. The lowest BCUT2D eigenvalue weighted by atomic mass is 10.2. The van der Waals surface area contributed by atoms with E-state index in [1.54, 1.807) is 0 Å². The lowest BCUT2D eigenvalue weighted by Gasteiger charge is -2.05. The minimum Gasteiger partial charge on any atom is -0.396 e. The lowest BCUT2D eigenvalue weighted by molar-refractivity contribution is -0.117. The van der Waals surface area contributed by atoms with Crippen LogP contribution in [0, 0.1) is 0 Å². The van der Waals surface area contributed by atoms with Gasteiger partial charge in [0.15, 0.2) is 0 Å². The zero-order valence-electron chi connectivity index (χ0n) is 6.46. The Bertz CT molecular complexity index is 104. The van der Waals surface area contributed by atoms with E-state index in [0.29, 0.717) is 12.2 Å². The maximum absolute atomic E-state index is 10.9. The summed E-state index contributed by atoms with van der Waals surface area (Å²) in [6.07, 6.45) is 0.597. The molecule has 0 aromatic heterocycles. The van der Waals surface area contributed by atoms with E-state index >= 15 is 0 Å². The van der Waals surface area contributed by atoms with Crippen molar-refractivity contribution in [3.8, 4) is 0 Å². The van der Waals surface area contributed by atoms with Crippen molar-refractivity contribution in [2.45, 2.75) is 25.5 Å². The summed E-state index contributed by atoms with van der Waals surface area (Å²) in [5.74, 6) is 0.922. The summed E-state index contributed by atoms with van der Waals surface area (Å²) in [6, 6.07) is 0. The van der Waals surface area contributed by atoms with Gasteiger partial charge in [0.1, 0.15) is 5.78 Å². The summed E-state index contributed by atoms with van der Waals surface area (Å²) in [6.45, 7) is 3.90. The minimum absolute atomic E-state index is 0.0529. The predicted molar refractivity (Wildman–Crippen MR) is 44.3 cm³/mol. The molecule has 0 radical (unpaired) electrons. The van der Waals surface area contributed by atoms with Crippen LogP contribution in [0.1, 0.15) is 20.3 Å². The molecule has 1 unspecified atom stereocenters. The van der Waals surface area contributed by atoms with Crippen LogP contribution >= 0.6 is 11.8 Å². The van der Waals surface area contributed by atoms with Crippen molar-refractivity contribution in [2.75, 3.05) is 12.4 Å². The number of carbonyl (C=O) groups is 1. The summed E-state index contributed by atoms with van der Waals surface area (Å²) in [5, 5.41) is 8.49. The molecule has 60 valence electrons. The normalized spacial score (nSPS) is 13.1. The van der Waals surface area contributed by atoms with Crippen LogP contribution in [0.3, 0.4) is 0 Å². The van der Waals surface area contributed by atoms with E-state index in [-0.39, 0.29) is 17.6 Å². The van der Waals surface area contributed by atoms with E-state index in [2.05, 4.69) is 0 Å². The number of aliphatic hydroxyl groups excluding tert-OH is 1. The molecule has 0 saturated carbocycles. The number of thioether (sulfide) groups is 1. The van der Waals surface area contributed by atoms with E-state index in [1.807, 2.05) is 13.8 Å². The van der Waals surface area contributed by atoms with Crippen LogP contribution < -0.4 is 0 Å². The summed E-state index contributed by atoms with van der Waals surface area (Å²) in [4.78, 5) is 10.9. The molecule has 0 aliphatic heterocycles. The quantitative estimate of drug-likeness (QED) is 0.657. The highest BCUT2D eigenvalue weighted by Crippen LogP contribution is 2.11. The van der Waals surface area contributed by atoms with E-state index in [0.717, 1.165) is 0 Å². The second-order valence-electron chi connectivity index (χ2n) is 2.06. The molecule has 0 heterocycles. The Morgan fingerprint density at radius 2 is 2.30 bits per heavy atom. The highest BCUT2D eigenvalue weighted by molar-refractivity contribution is 8.00. The molecular formula is C7H14O2S. The summed E-state index contributed by atoms with van der Waals surface area (Å²) in [5.41, 5.74) is 0. The molecule has 2 nitrogen and oxygen atoms in total. The van der Waals surface area contributed by atoms with Crippen molar-refractivity contribution in [1.29, 1.82) is 0 Å². The average Bonchev–Trinajstić information content (AvgIpc) is 1.98. The molecule has 0 amide bonds. The second kappa shape index (κ2) is 5.74. The van der Waals surface area contributed by atoms with Gasteiger partial charge in [-0.25, -0.2) is 0 Å². The van der Waals surface area contributed by atoms with Crippen molar-refractivity contribution in [1.82, 2.24) is 0 Å². The third-order valence-electron chi connectivity index (χ3n) is 1.26. The maximum atomic E-state index is 10.9. The first-order valence-electron chi connectivity index (χ1n) is 3.47. The summed E-state index contributed by atoms with van der Waals surface area (Å²) < 4.78 is 0. The van der Waals surface area contributed by atoms with Crippen LogP contribution in [-0.2, 0) is 4.79 Å². The minimum atomic E-state index is 0.0529. The maximum Gasteiger partial charge on any atom is 0.145 e. The molecule has 10 heavy (non-hydrogen) atoms. The van der Waals surface area contributed by atoms with E-state index in [4.69, 9.17) is 5.11 Å². The molecule has 1 N–H and O–H groups in total. The van der Waals surface area contributed by atoms with Gasteiger partial charge in [0.25, 0.3) is 0 Å². The number of rotatable bonds is 5. The van der Waals surface area contributed by atoms with E-state index < -0.39 is 0 Å². The van der Waals surface area contributed by atoms with Gasteiger partial charge in [-0.1, -0.05) is 6.92 Å². The molecule has 0 spiro atoms. The molecule has 0 fully saturated rings. The van der Waals surface area contributed by atoms with Gasteiger partial charge in [0, 0.05) is 12.2 Å². The van der Waals surface area contributed by atoms with E-state index in [9.17, 15) is 4.79 Å². The molecular weight excluding hydrogens is 148 g/mol. The number of carbonyl (C=O) groups excluding carboxylic acids is 1. The Balaban J connectivity index is 3.41. The number of Topliss-reactive ketones (excluding diaryl/α,β-unsaturated/α-hetero) is 1. The van der Waals surface area contributed by atoms with Crippen molar-refractivity contribution in [2.24, 2.45) is 0 Å². The molecule has 0 rings (SSSR count). The highest BCUT2D eigenvalue weighted by Gasteiger charge is 2.09. The fourth-order valence-electron chi connectivity index (χ4n) is 0.610. The van der Waals surface area contributed by atoms with Gasteiger partial charge < -0.3 is 5.11 Å². The van der Waals surface area contributed by atoms with E-state index in [1.165, 1.54) is 11.8 Å². The Morgan fingerprint density at radius 3 is 2.70 bits per heavy atom. The first-order chi connectivity index (χ1) is 4.72. The molecule has 1 atom stereocenters. The third-order valence-corrected chi connectivity index (χ3v) is 2.44. The first-order valence-corrected chi connectivity index (χ1v) is 4.52. The molecule has 0 aromatic carbocycles. The van der Waals surface area contributed by atoms with Gasteiger partial charge in [-0.15, -0.1) is 11.8 Å². The topological polar surface area (TPSA) is 37.3 Å². The average molecular weight is 162 g/mol. The van der Waals surface area contributed by atoms with Crippen molar-refractivity contribution >= 4 is 17.5 Å². The van der Waals surface area contributed by atoms with Crippen molar-refractivity contribution in [3.05, 3.63) is 0 Å². The first kappa shape index (κ1) is 9.98. The molecule has 0 aliphatic rings. The summed E-state index contributed by atoms with van der Waals surface area (Å²) >= 11 is 1.51. The van der Waals surface area contributed by atoms with Crippen molar-refractivity contribution < 1.29 is 9.90 Å².